The second kappa shape index (κ2) is 5.15. The summed E-state index contributed by atoms with van der Waals surface area (Å²) in [6, 6.07) is 23.1. The number of benzene rings is 3. The number of aromatic nitrogens is 2. The number of halogens is 1. The van der Waals surface area contributed by atoms with E-state index in [0.717, 1.165) is 33.5 Å². The maximum absolute atomic E-state index is 6.65. The maximum Gasteiger partial charge on any atom is 0.0575 e. The summed E-state index contributed by atoms with van der Waals surface area (Å²) in [4.78, 5) is 3.54. The molecule has 0 unspecified atom stereocenters. The van der Waals surface area contributed by atoms with Crippen LogP contribution in [0.2, 0.25) is 5.02 Å². The quantitative estimate of drug-likeness (QED) is 0.411. The third kappa shape index (κ3) is 1.97. The van der Waals surface area contributed by atoms with E-state index in [2.05, 4.69) is 70.3 Å². The number of nitrogens with zero attached hydrogens (tertiary/aromatic N) is 1. The first-order chi connectivity index (χ1) is 11.8. The molecule has 0 bridgehead atoms. The van der Waals surface area contributed by atoms with Crippen molar-refractivity contribution in [2.45, 2.75) is 6.54 Å². The Morgan fingerprint density at radius 3 is 2.54 bits per heavy atom. The van der Waals surface area contributed by atoms with Crippen molar-refractivity contribution in [1.82, 2.24) is 9.55 Å². The predicted molar refractivity (Wildman–Crippen MR) is 102 cm³/mol. The van der Waals surface area contributed by atoms with Crippen LogP contribution in [0, 0.1) is 0 Å². The normalized spacial score (nSPS) is 11.7. The second-order valence-electron chi connectivity index (χ2n) is 6.14. The Morgan fingerprint density at radius 1 is 0.875 bits per heavy atom. The summed E-state index contributed by atoms with van der Waals surface area (Å²) < 4.78 is 2.25. The Balaban J connectivity index is 1.78. The minimum Gasteiger partial charge on any atom is -0.354 e. The van der Waals surface area contributed by atoms with Crippen molar-refractivity contribution in [2.75, 3.05) is 0 Å². The molecule has 2 heterocycles. The summed E-state index contributed by atoms with van der Waals surface area (Å²) in [6.45, 7) is 0.840. The molecule has 0 saturated carbocycles. The standard InChI is InChI=1S/C21H15ClN2/c22-17-12-19-16(10-11-24(19)13-14-6-2-1-3-7-14)21-20(17)15-8-4-5-9-18(15)23-21/h1-12,23H,13H2. The van der Waals surface area contributed by atoms with Gasteiger partial charge in [-0.1, -0.05) is 60.1 Å². The zero-order valence-corrected chi connectivity index (χ0v) is 13.7. The van der Waals surface area contributed by atoms with Crippen molar-refractivity contribution in [2.24, 2.45) is 0 Å². The van der Waals surface area contributed by atoms with Crippen LogP contribution < -0.4 is 0 Å². The molecule has 0 saturated heterocycles. The molecule has 24 heavy (non-hydrogen) atoms. The molecule has 0 atom stereocenters. The Hall–Kier alpha value is -2.71. The number of hydrogen-bond acceptors (Lipinski definition) is 0. The summed E-state index contributed by atoms with van der Waals surface area (Å²) in [7, 11) is 0. The smallest absolute Gasteiger partial charge is 0.0575 e. The number of aromatic amines is 1. The van der Waals surface area contributed by atoms with E-state index < -0.39 is 0 Å². The monoisotopic (exact) mass is 330 g/mol. The van der Waals surface area contributed by atoms with Gasteiger partial charge < -0.3 is 9.55 Å². The number of fused-ring (bicyclic) bond motifs is 5. The van der Waals surface area contributed by atoms with E-state index in [-0.39, 0.29) is 0 Å². The Bertz CT molecular complexity index is 1180. The summed E-state index contributed by atoms with van der Waals surface area (Å²) in [6.07, 6.45) is 2.14. The molecular formula is C21H15ClN2. The Kier molecular flexibility index (Phi) is 2.94. The van der Waals surface area contributed by atoms with E-state index >= 15 is 0 Å². The molecule has 3 aromatic carbocycles. The minimum atomic E-state index is 0.794. The summed E-state index contributed by atoms with van der Waals surface area (Å²) in [5.74, 6) is 0. The largest absolute Gasteiger partial charge is 0.354 e. The molecule has 5 aromatic rings. The van der Waals surface area contributed by atoms with Crippen LogP contribution in [0.5, 0.6) is 0 Å². The van der Waals surface area contributed by atoms with Gasteiger partial charge in [-0.25, -0.2) is 0 Å². The highest BCUT2D eigenvalue weighted by molar-refractivity contribution is 6.40. The van der Waals surface area contributed by atoms with Gasteiger partial charge in [-0.3, -0.25) is 0 Å². The van der Waals surface area contributed by atoms with Crippen LogP contribution in [0.15, 0.2) is 72.9 Å². The molecule has 0 aliphatic carbocycles. The van der Waals surface area contributed by atoms with Crippen molar-refractivity contribution >= 4 is 44.3 Å². The van der Waals surface area contributed by atoms with Crippen LogP contribution in [0.3, 0.4) is 0 Å². The van der Waals surface area contributed by atoms with Crippen LogP contribution >= 0.6 is 11.6 Å². The van der Waals surface area contributed by atoms with E-state index in [1.807, 2.05) is 12.1 Å². The first-order valence-electron chi connectivity index (χ1n) is 8.03. The minimum absolute atomic E-state index is 0.794. The van der Waals surface area contributed by atoms with Gasteiger partial charge in [0.2, 0.25) is 0 Å². The molecule has 116 valence electrons. The van der Waals surface area contributed by atoms with Gasteiger partial charge in [-0.15, -0.1) is 0 Å². The average molecular weight is 331 g/mol. The lowest BCUT2D eigenvalue weighted by Gasteiger charge is -2.07. The van der Waals surface area contributed by atoms with Crippen molar-refractivity contribution in [3.63, 3.8) is 0 Å². The van der Waals surface area contributed by atoms with Gasteiger partial charge >= 0.3 is 0 Å². The maximum atomic E-state index is 6.65. The van der Waals surface area contributed by atoms with Crippen molar-refractivity contribution in [3.8, 4) is 0 Å². The van der Waals surface area contributed by atoms with Gasteiger partial charge in [0.05, 0.1) is 16.1 Å². The first-order valence-corrected chi connectivity index (χ1v) is 8.41. The lowest BCUT2D eigenvalue weighted by atomic mass is 10.1. The fourth-order valence-corrected chi connectivity index (χ4v) is 3.86. The van der Waals surface area contributed by atoms with E-state index in [1.54, 1.807) is 0 Å². The lowest BCUT2D eigenvalue weighted by Crippen LogP contribution is -1.97. The van der Waals surface area contributed by atoms with Crippen LogP contribution in [0.1, 0.15) is 5.56 Å². The van der Waals surface area contributed by atoms with Crippen LogP contribution in [-0.2, 0) is 6.54 Å². The zero-order valence-electron chi connectivity index (χ0n) is 13.0. The van der Waals surface area contributed by atoms with E-state index in [4.69, 9.17) is 11.6 Å². The molecule has 2 aromatic heterocycles. The van der Waals surface area contributed by atoms with E-state index in [9.17, 15) is 0 Å². The molecule has 3 heteroatoms. The number of rotatable bonds is 2. The number of para-hydroxylation sites is 1. The lowest BCUT2D eigenvalue weighted by molar-refractivity contribution is 0.837. The summed E-state index contributed by atoms with van der Waals surface area (Å²) >= 11 is 6.65. The molecular weight excluding hydrogens is 316 g/mol. The zero-order chi connectivity index (χ0) is 16.1. The first kappa shape index (κ1) is 13.7. The molecule has 0 amide bonds. The highest BCUT2D eigenvalue weighted by atomic mass is 35.5. The van der Waals surface area contributed by atoms with Crippen molar-refractivity contribution in [3.05, 3.63) is 83.5 Å². The third-order valence-corrected chi connectivity index (χ3v) is 4.98. The molecule has 0 spiro atoms. The molecule has 1 N–H and O–H groups in total. The van der Waals surface area contributed by atoms with Gasteiger partial charge in [-0.2, -0.15) is 0 Å². The molecule has 0 fully saturated rings. The molecule has 0 aliphatic rings. The summed E-state index contributed by atoms with van der Waals surface area (Å²) in [5.41, 5.74) is 4.67. The third-order valence-electron chi connectivity index (χ3n) is 4.68. The van der Waals surface area contributed by atoms with Gasteiger partial charge in [0, 0.05) is 34.4 Å². The average Bonchev–Trinajstić information content (AvgIpc) is 3.18. The van der Waals surface area contributed by atoms with E-state index in [1.165, 1.54) is 16.3 Å². The topological polar surface area (TPSA) is 20.7 Å². The number of nitrogens with one attached hydrogen (secondary N) is 1. The van der Waals surface area contributed by atoms with Crippen molar-refractivity contribution < 1.29 is 0 Å². The van der Waals surface area contributed by atoms with Gasteiger partial charge in [0.25, 0.3) is 0 Å². The molecule has 2 nitrogen and oxygen atoms in total. The number of H-pyrrole nitrogens is 1. The molecule has 5 rings (SSSR count). The van der Waals surface area contributed by atoms with E-state index in [0.29, 0.717) is 0 Å². The molecule has 0 aliphatic heterocycles. The SMILES string of the molecule is Clc1cc2c(ccn2Cc2ccccc2)c2[nH]c3ccccc3c12. The van der Waals surface area contributed by atoms with Gasteiger partial charge in [0.1, 0.15) is 0 Å². The van der Waals surface area contributed by atoms with Crippen molar-refractivity contribution in [1.29, 1.82) is 0 Å². The number of hydrogen-bond donors (Lipinski definition) is 1. The van der Waals surface area contributed by atoms with Crippen LogP contribution in [0.25, 0.3) is 32.7 Å². The van der Waals surface area contributed by atoms with Gasteiger partial charge in [-0.05, 0) is 23.8 Å². The fraction of sp³-hybridized carbons (Fsp3) is 0.0476. The van der Waals surface area contributed by atoms with Crippen LogP contribution in [0.4, 0.5) is 0 Å². The predicted octanol–water partition coefficient (Wildman–Crippen LogP) is 5.98. The van der Waals surface area contributed by atoms with Crippen LogP contribution in [-0.4, -0.2) is 9.55 Å². The summed E-state index contributed by atoms with van der Waals surface area (Å²) in [5, 5.41) is 4.29. The fourth-order valence-electron chi connectivity index (χ4n) is 3.56. The van der Waals surface area contributed by atoms with Gasteiger partial charge in [0.15, 0.2) is 0 Å². The highest BCUT2D eigenvalue weighted by Crippen LogP contribution is 2.37. The Labute approximate surface area is 144 Å². The second-order valence-corrected chi connectivity index (χ2v) is 6.55. The highest BCUT2D eigenvalue weighted by Gasteiger charge is 2.13. The molecule has 0 radical (unpaired) electrons. The Morgan fingerprint density at radius 2 is 1.67 bits per heavy atom.